The fraction of sp³-hybridized carbons (Fsp3) is 0.618. The van der Waals surface area contributed by atoms with E-state index >= 15 is 0 Å². The molecule has 1 N–H and O–H groups in total. The highest BCUT2D eigenvalue weighted by atomic mass is 79.9. The molecule has 4 fully saturated rings. The van der Waals surface area contributed by atoms with Crippen molar-refractivity contribution < 1.29 is 23.9 Å². The second kappa shape index (κ2) is 14.5. The molecular formula is C34H42Br2N4O5. The number of aromatic nitrogens is 2. The predicted octanol–water partition coefficient (Wildman–Crippen LogP) is 4.44. The number of nitrogens with one attached hydrogen (secondary N) is 1. The maximum absolute atomic E-state index is 12.7. The minimum absolute atomic E-state index is 0.241. The van der Waals surface area contributed by atoms with Crippen LogP contribution in [0.25, 0.3) is 0 Å². The average Bonchev–Trinajstić information content (AvgIpc) is 3.48. The van der Waals surface area contributed by atoms with Crippen LogP contribution in [0.1, 0.15) is 73.9 Å². The summed E-state index contributed by atoms with van der Waals surface area (Å²) in [5, 5.41) is 3.16. The van der Waals surface area contributed by atoms with Gasteiger partial charge in [-0.05, 0) is 93.6 Å². The van der Waals surface area contributed by atoms with Gasteiger partial charge in [0.1, 0.15) is 17.3 Å². The molecule has 9 nitrogen and oxygen atoms in total. The number of halogens is 2. The molecule has 0 amide bonds. The molecule has 2 aliphatic heterocycles. The molecule has 0 unspecified atom stereocenters. The van der Waals surface area contributed by atoms with Crippen molar-refractivity contribution in [2.45, 2.75) is 81.1 Å². The number of Topliss-reactive ketones (excluding diaryl/α,β-unsaturated/α-hetero) is 3. The Morgan fingerprint density at radius 1 is 0.733 bits per heavy atom. The van der Waals surface area contributed by atoms with E-state index in [4.69, 9.17) is 9.47 Å². The topological polar surface area (TPSA) is 111 Å². The number of rotatable bonds is 1. The van der Waals surface area contributed by atoms with Gasteiger partial charge in [0.2, 0.25) is 0 Å². The third kappa shape index (κ3) is 7.04. The molecule has 0 bridgehead atoms. The van der Waals surface area contributed by atoms with Gasteiger partial charge in [0.15, 0.2) is 0 Å². The molecule has 8 rings (SSSR count). The lowest BCUT2D eigenvalue weighted by Crippen LogP contribution is -2.48. The largest absolute Gasteiger partial charge is 0.379 e. The zero-order valence-corrected chi connectivity index (χ0v) is 28.9. The third-order valence-corrected chi connectivity index (χ3v) is 11.3. The van der Waals surface area contributed by atoms with Crippen molar-refractivity contribution in [2.24, 2.45) is 0 Å². The molecule has 2 saturated heterocycles. The van der Waals surface area contributed by atoms with Crippen LogP contribution in [0.3, 0.4) is 0 Å². The van der Waals surface area contributed by atoms with Crippen LogP contribution in [0.4, 0.5) is 0 Å². The molecule has 2 aromatic heterocycles. The molecule has 0 aromatic carbocycles. The summed E-state index contributed by atoms with van der Waals surface area (Å²) in [6, 6.07) is 4.66. The van der Waals surface area contributed by atoms with E-state index < -0.39 is 5.41 Å². The first kappa shape index (κ1) is 33.0. The molecule has 0 radical (unpaired) electrons. The molecule has 6 aliphatic rings. The van der Waals surface area contributed by atoms with E-state index in [1.807, 2.05) is 12.3 Å². The maximum Gasteiger partial charge on any atom is 0.149 e. The van der Waals surface area contributed by atoms with Crippen molar-refractivity contribution in [1.29, 1.82) is 0 Å². The average molecular weight is 747 g/mol. The molecule has 4 heterocycles. The number of ether oxygens (including phenoxy) is 2. The molecular weight excluding hydrogens is 704 g/mol. The van der Waals surface area contributed by atoms with Gasteiger partial charge in [0, 0.05) is 79.2 Å². The quantitative estimate of drug-likeness (QED) is 0.453. The van der Waals surface area contributed by atoms with Crippen LogP contribution in [0.2, 0.25) is 0 Å². The number of morpholine rings is 2. The Kier molecular flexibility index (Phi) is 10.6. The third-order valence-electron chi connectivity index (χ3n) is 10.4. The van der Waals surface area contributed by atoms with Gasteiger partial charge in [-0.25, -0.2) is 0 Å². The van der Waals surface area contributed by atoms with E-state index in [1.165, 1.54) is 0 Å². The summed E-state index contributed by atoms with van der Waals surface area (Å²) in [7, 11) is 0. The van der Waals surface area contributed by atoms with Gasteiger partial charge in [-0.3, -0.25) is 29.3 Å². The molecule has 242 valence electrons. The summed E-state index contributed by atoms with van der Waals surface area (Å²) >= 11 is 6.85. The van der Waals surface area contributed by atoms with Crippen molar-refractivity contribution in [2.75, 3.05) is 52.6 Å². The number of fused-ring (bicyclic) bond motifs is 4. The molecule has 45 heavy (non-hydrogen) atoms. The number of nitrogens with zero attached hydrogens (tertiary/aromatic N) is 3. The van der Waals surface area contributed by atoms with Gasteiger partial charge in [-0.15, -0.1) is 0 Å². The van der Waals surface area contributed by atoms with E-state index in [1.54, 1.807) is 6.20 Å². The van der Waals surface area contributed by atoms with Crippen LogP contribution in [0.15, 0.2) is 33.5 Å². The predicted molar refractivity (Wildman–Crippen MR) is 176 cm³/mol. The Balaban J connectivity index is 0.000000137. The summed E-state index contributed by atoms with van der Waals surface area (Å²) in [6.07, 6.45) is 11.0. The van der Waals surface area contributed by atoms with Crippen LogP contribution in [-0.4, -0.2) is 90.9 Å². The normalized spacial score (nSPS) is 27.3. The Morgan fingerprint density at radius 2 is 1.22 bits per heavy atom. The van der Waals surface area contributed by atoms with Crippen LogP contribution < -0.4 is 5.32 Å². The lowest BCUT2D eigenvalue weighted by molar-refractivity contribution is -0.128. The van der Waals surface area contributed by atoms with Gasteiger partial charge in [-0.2, -0.15) is 0 Å². The van der Waals surface area contributed by atoms with Crippen molar-refractivity contribution in [3.05, 3.63) is 56.0 Å². The van der Waals surface area contributed by atoms with E-state index in [2.05, 4.69) is 58.1 Å². The van der Waals surface area contributed by atoms with Gasteiger partial charge < -0.3 is 14.8 Å². The first-order valence-electron chi connectivity index (χ1n) is 16.3. The molecule has 2 aromatic rings. The number of hydrogen-bond acceptors (Lipinski definition) is 9. The summed E-state index contributed by atoms with van der Waals surface area (Å²) in [5.74, 6) is 0.896. The zero-order valence-electron chi connectivity index (χ0n) is 25.8. The molecule has 2 saturated carbocycles. The molecule has 11 heteroatoms. The Morgan fingerprint density at radius 3 is 1.69 bits per heavy atom. The van der Waals surface area contributed by atoms with Gasteiger partial charge >= 0.3 is 0 Å². The smallest absolute Gasteiger partial charge is 0.149 e. The first-order valence-corrected chi connectivity index (χ1v) is 17.9. The monoisotopic (exact) mass is 744 g/mol. The van der Waals surface area contributed by atoms with Crippen LogP contribution in [0.5, 0.6) is 0 Å². The number of pyridine rings is 2. The number of carbonyl (C=O) groups is 3. The SMILES string of the molecule is C1COCCN1.O=C1CCC2(CC1)C(=O)Cc1cc(Br)cnc12.O=C1Cc2cc(Br)cnc2C12CCC(N1CCOCC1)CC2. The van der Waals surface area contributed by atoms with Crippen molar-refractivity contribution >= 4 is 49.2 Å². The Labute approximate surface area is 281 Å². The van der Waals surface area contributed by atoms with E-state index in [0.29, 0.717) is 50.4 Å². The van der Waals surface area contributed by atoms with Crippen LogP contribution in [0, 0.1) is 0 Å². The van der Waals surface area contributed by atoms with Gasteiger partial charge in [0.25, 0.3) is 0 Å². The molecule has 4 aliphatic carbocycles. The minimum atomic E-state index is -0.454. The lowest BCUT2D eigenvalue weighted by Gasteiger charge is -2.42. The number of ketones is 3. The maximum atomic E-state index is 12.7. The summed E-state index contributed by atoms with van der Waals surface area (Å²) < 4.78 is 12.3. The fourth-order valence-electron chi connectivity index (χ4n) is 7.95. The van der Waals surface area contributed by atoms with E-state index in [0.717, 1.165) is 110 Å². The Bertz CT molecular complexity index is 1400. The minimum Gasteiger partial charge on any atom is -0.379 e. The fourth-order valence-corrected chi connectivity index (χ4v) is 8.71. The number of hydrogen-bond donors (Lipinski definition) is 1. The lowest BCUT2D eigenvalue weighted by atomic mass is 9.69. The van der Waals surface area contributed by atoms with E-state index in [9.17, 15) is 14.4 Å². The zero-order chi connectivity index (χ0) is 31.4. The van der Waals surface area contributed by atoms with Crippen LogP contribution in [-0.2, 0) is 47.5 Å². The van der Waals surface area contributed by atoms with E-state index in [-0.39, 0.29) is 17.0 Å². The Hall–Kier alpha value is -1.89. The highest BCUT2D eigenvalue weighted by Gasteiger charge is 2.50. The summed E-state index contributed by atoms with van der Waals surface area (Å²) in [5.41, 5.74) is 3.38. The second-order valence-corrected chi connectivity index (χ2v) is 14.8. The highest BCUT2D eigenvalue weighted by molar-refractivity contribution is 9.10. The molecule has 2 spiro atoms. The first-order chi connectivity index (χ1) is 21.8. The highest BCUT2D eigenvalue weighted by Crippen LogP contribution is 2.47. The van der Waals surface area contributed by atoms with Crippen molar-refractivity contribution in [3.8, 4) is 0 Å². The van der Waals surface area contributed by atoms with Crippen molar-refractivity contribution in [3.63, 3.8) is 0 Å². The van der Waals surface area contributed by atoms with Crippen molar-refractivity contribution in [1.82, 2.24) is 20.2 Å². The molecule has 0 atom stereocenters. The second-order valence-electron chi connectivity index (χ2n) is 13.0. The number of carbonyl (C=O) groups excluding carboxylic acids is 3. The summed E-state index contributed by atoms with van der Waals surface area (Å²) in [4.78, 5) is 47.9. The standard InChI is InChI=1S/C17H21BrN2O2.C13H12BrNO2.C4H9NO/c18-13-9-12-10-15(21)17(16(12)19-11-13)3-1-14(2-4-17)20-5-7-22-8-6-20;14-9-5-8-6-11(17)13(12(8)15-7-9)3-1-10(16)2-4-13;1-3-6-4-2-5-1/h9,11,14H,1-8,10H2;5,7H,1-4,6H2;5H,1-4H2. The van der Waals surface area contributed by atoms with Crippen LogP contribution >= 0.6 is 31.9 Å². The van der Waals surface area contributed by atoms with Gasteiger partial charge in [0.05, 0.1) is 48.6 Å². The van der Waals surface area contributed by atoms with Gasteiger partial charge in [-0.1, -0.05) is 0 Å². The summed E-state index contributed by atoms with van der Waals surface area (Å²) in [6.45, 7) is 7.60.